The van der Waals surface area contributed by atoms with Crippen LogP contribution in [-0.2, 0) is 0 Å². The van der Waals surface area contributed by atoms with Crippen molar-refractivity contribution in [1.82, 2.24) is 19.6 Å². The quantitative estimate of drug-likeness (QED) is 0.795. The van der Waals surface area contributed by atoms with E-state index in [1.54, 1.807) is 16.6 Å². The van der Waals surface area contributed by atoms with E-state index in [1.165, 1.54) is 12.4 Å². The first-order chi connectivity index (χ1) is 9.65. The van der Waals surface area contributed by atoms with E-state index >= 15 is 0 Å². The van der Waals surface area contributed by atoms with Crippen LogP contribution in [0.5, 0.6) is 0 Å². The van der Waals surface area contributed by atoms with Crippen LogP contribution >= 0.6 is 0 Å². The molecule has 1 N–H and O–H groups in total. The number of aryl methyl sites for hydroxylation is 1. The van der Waals surface area contributed by atoms with Gasteiger partial charge in [0.25, 0.3) is 5.78 Å². The van der Waals surface area contributed by atoms with Crippen LogP contribution in [-0.4, -0.2) is 19.6 Å². The second kappa shape index (κ2) is 4.88. The maximum Gasteiger partial charge on any atom is 0.254 e. The summed E-state index contributed by atoms with van der Waals surface area (Å²) in [6, 6.07) is 8.39. The monoisotopic (exact) mass is 271 g/mol. The van der Waals surface area contributed by atoms with E-state index in [9.17, 15) is 4.39 Å². The lowest BCUT2D eigenvalue weighted by Crippen LogP contribution is -2.12. The van der Waals surface area contributed by atoms with Crippen LogP contribution in [0.2, 0.25) is 0 Å². The molecule has 102 valence electrons. The number of nitrogens with one attached hydrogen (secondary N) is 1. The van der Waals surface area contributed by atoms with E-state index in [4.69, 9.17) is 0 Å². The largest absolute Gasteiger partial charge is 0.363 e. The van der Waals surface area contributed by atoms with Gasteiger partial charge < -0.3 is 5.32 Å². The minimum Gasteiger partial charge on any atom is -0.363 e. The number of rotatable bonds is 3. The summed E-state index contributed by atoms with van der Waals surface area (Å²) in [5, 5.41) is 7.37. The van der Waals surface area contributed by atoms with Gasteiger partial charge in [0.1, 0.15) is 18.0 Å². The fourth-order valence-corrected chi connectivity index (χ4v) is 2.16. The normalized spacial score (nSPS) is 12.6. The standard InChI is InChI=1S/C14H14FN5/c1-9-7-13(20-14(18-9)16-8-17-20)19-10(2)11-5-3-4-6-12(11)15/h3-8,10,19H,1-2H3/t10-/m0/s1. The lowest BCUT2D eigenvalue weighted by Gasteiger charge is -2.17. The molecule has 0 saturated heterocycles. The average Bonchev–Trinajstić information content (AvgIpc) is 2.87. The van der Waals surface area contributed by atoms with Gasteiger partial charge in [0.2, 0.25) is 0 Å². The predicted octanol–water partition coefficient (Wildman–Crippen LogP) is 2.74. The summed E-state index contributed by atoms with van der Waals surface area (Å²) < 4.78 is 15.4. The molecule has 3 rings (SSSR count). The van der Waals surface area contributed by atoms with Gasteiger partial charge in [-0.1, -0.05) is 18.2 Å². The fraction of sp³-hybridized carbons (Fsp3) is 0.214. The lowest BCUT2D eigenvalue weighted by atomic mass is 10.1. The van der Waals surface area contributed by atoms with Gasteiger partial charge in [-0.2, -0.15) is 14.6 Å². The Morgan fingerprint density at radius 2 is 2.10 bits per heavy atom. The fourth-order valence-electron chi connectivity index (χ4n) is 2.16. The maximum atomic E-state index is 13.8. The summed E-state index contributed by atoms with van der Waals surface area (Å²) in [7, 11) is 0. The van der Waals surface area contributed by atoms with Crippen molar-refractivity contribution in [1.29, 1.82) is 0 Å². The summed E-state index contributed by atoms with van der Waals surface area (Å²) in [6.07, 6.45) is 1.45. The predicted molar refractivity (Wildman–Crippen MR) is 74.0 cm³/mol. The van der Waals surface area contributed by atoms with Crippen molar-refractivity contribution in [2.45, 2.75) is 19.9 Å². The molecule has 0 amide bonds. The van der Waals surface area contributed by atoms with Crippen LogP contribution in [0.3, 0.4) is 0 Å². The number of nitrogens with zero attached hydrogens (tertiary/aromatic N) is 4. The summed E-state index contributed by atoms with van der Waals surface area (Å²) in [5.41, 5.74) is 1.43. The average molecular weight is 271 g/mol. The molecule has 0 saturated carbocycles. The van der Waals surface area contributed by atoms with Crippen LogP contribution in [0, 0.1) is 12.7 Å². The molecular weight excluding hydrogens is 257 g/mol. The lowest BCUT2D eigenvalue weighted by molar-refractivity contribution is 0.599. The molecule has 0 aliphatic carbocycles. The number of benzene rings is 1. The van der Waals surface area contributed by atoms with E-state index in [0.29, 0.717) is 11.3 Å². The molecule has 2 aromatic heterocycles. The number of halogens is 1. The number of anilines is 1. The van der Waals surface area contributed by atoms with Crippen molar-refractivity contribution >= 4 is 11.6 Å². The van der Waals surface area contributed by atoms with Crippen LogP contribution < -0.4 is 5.32 Å². The second-order valence-corrected chi connectivity index (χ2v) is 4.64. The molecule has 6 heteroatoms. The first kappa shape index (κ1) is 12.5. The third-order valence-electron chi connectivity index (χ3n) is 3.12. The first-order valence-electron chi connectivity index (χ1n) is 6.33. The Labute approximate surface area is 115 Å². The Balaban J connectivity index is 1.97. The summed E-state index contributed by atoms with van der Waals surface area (Å²) in [4.78, 5) is 8.33. The number of hydrogen-bond acceptors (Lipinski definition) is 4. The highest BCUT2D eigenvalue weighted by atomic mass is 19.1. The molecule has 5 nitrogen and oxygen atoms in total. The smallest absolute Gasteiger partial charge is 0.254 e. The van der Waals surface area contributed by atoms with Crippen molar-refractivity contribution in [3.8, 4) is 0 Å². The molecule has 1 atom stereocenters. The number of aromatic nitrogens is 4. The van der Waals surface area contributed by atoms with Crippen LogP contribution in [0.15, 0.2) is 36.7 Å². The molecule has 0 unspecified atom stereocenters. The van der Waals surface area contributed by atoms with Gasteiger partial charge in [-0.15, -0.1) is 0 Å². The van der Waals surface area contributed by atoms with Crippen molar-refractivity contribution in [2.24, 2.45) is 0 Å². The molecule has 2 heterocycles. The minimum absolute atomic E-state index is 0.189. The van der Waals surface area contributed by atoms with Crippen molar-refractivity contribution in [3.63, 3.8) is 0 Å². The highest BCUT2D eigenvalue weighted by molar-refractivity contribution is 5.46. The summed E-state index contributed by atoms with van der Waals surface area (Å²) >= 11 is 0. The molecule has 0 aliphatic rings. The van der Waals surface area contributed by atoms with Gasteiger partial charge in [-0.25, -0.2) is 9.37 Å². The Morgan fingerprint density at radius 3 is 2.90 bits per heavy atom. The van der Waals surface area contributed by atoms with E-state index in [-0.39, 0.29) is 11.9 Å². The van der Waals surface area contributed by atoms with Crippen LogP contribution in [0.1, 0.15) is 24.2 Å². The third-order valence-corrected chi connectivity index (χ3v) is 3.12. The maximum absolute atomic E-state index is 13.8. The minimum atomic E-state index is -0.229. The Morgan fingerprint density at radius 1 is 1.30 bits per heavy atom. The van der Waals surface area contributed by atoms with E-state index in [2.05, 4.69) is 20.4 Å². The van der Waals surface area contributed by atoms with E-state index in [1.807, 2.05) is 26.0 Å². The summed E-state index contributed by atoms with van der Waals surface area (Å²) in [5.74, 6) is 1.03. The molecular formula is C14H14FN5. The Bertz CT molecular complexity index is 752. The van der Waals surface area contributed by atoms with Gasteiger partial charge in [0, 0.05) is 17.3 Å². The Hall–Kier alpha value is -2.50. The molecule has 0 spiro atoms. The topological polar surface area (TPSA) is 55.1 Å². The molecule has 3 aromatic rings. The molecule has 0 bridgehead atoms. The van der Waals surface area contributed by atoms with Gasteiger partial charge in [0.15, 0.2) is 0 Å². The van der Waals surface area contributed by atoms with Crippen molar-refractivity contribution in [2.75, 3.05) is 5.32 Å². The highest BCUT2D eigenvalue weighted by Gasteiger charge is 2.13. The van der Waals surface area contributed by atoms with Gasteiger partial charge >= 0.3 is 0 Å². The third kappa shape index (κ3) is 2.20. The van der Waals surface area contributed by atoms with Gasteiger partial charge in [-0.3, -0.25) is 0 Å². The second-order valence-electron chi connectivity index (χ2n) is 4.64. The number of fused-ring (bicyclic) bond motifs is 1. The van der Waals surface area contributed by atoms with Crippen molar-refractivity contribution in [3.05, 3.63) is 53.7 Å². The molecule has 0 aliphatic heterocycles. The SMILES string of the molecule is Cc1cc(N[C@@H](C)c2ccccc2F)n2ncnc2n1. The molecule has 1 aromatic carbocycles. The van der Waals surface area contributed by atoms with Crippen LogP contribution in [0.25, 0.3) is 5.78 Å². The van der Waals surface area contributed by atoms with Gasteiger partial charge in [0.05, 0.1) is 6.04 Å². The number of hydrogen-bond donors (Lipinski definition) is 1. The first-order valence-corrected chi connectivity index (χ1v) is 6.33. The zero-order valence-corrected chi connectivity index (χ0v) is 11.2. The van der Waals surface area contributed by atoms with Crippen LogP contribution in [0.4, 0.5) is 10.2 Å². The molecule has 0 radical (unpaired) electrons. The molecule has 20 heavy (non-hydrogen) atoms. The van der Waals surface area contributed by atoms with E-state index < -0.39 is 0 Å². The van der Waals surface area contributed by atoms with Gasteiger partial charge in [-0.05, 0) is 19.9 Å². The van der Waals surface area contributed by atoms with Crippen molar-refractivity contribution < 1.29 is 4.39 Å². The zero-order chi connectivity index (χ0) is 14.1. The summed E-state index contributed by atoms with van der Waals surface area (Å²) in [6.45, 7) is 3.78. The Kier molecular flexibility index (Phi) is 3.06. The molecule has 0 fully saturated rings. The van der Waals surface area contributed by atoms with E-state index in [0.717, 1.165) is 11.5 Å². The zero-order valence-electron chi connectivity index (χ0n) is 11.2. The highest BCUT2D eigenvalue weighted by Crippen LogP contribution is 2.21.